The van der Waals surface area contributed by atoms with Crippen molar-refractivity contribution in [2.45, 2.75) is 19.0 Å². The van der Waals surface area contributed by atoms with Crippen LogP contribution in [0.15, 0.2) is 53.6 Å². The molecule has 0 bridgehead atoms. The first-order chi connectivity index (χ1) is 14.8. The maximum Gasteiger partial charge on any atom is 0.270 e. The van der Waals surface area contributed by atoms with Gasteiger partial charge in [-0.1, -0.05) is 18.2 Å². The summed E-state index contributed by atoms with van der Waals surface area (Å²) in [4.78, 5) is 28.7. The first kappa shape index (κ1) is 22.4. The van der Waals surface area contributed by atoms with Gasteiger partial charge in [0.15, 0.2) is 0 Å². The second-order valence-corrected chi connectivity index (χ2v) is 7.61. The van der Waals surface area contributed by atoms with Crippen LogP contribution >= 0.6 is 0 Å². The molecule has 1 unspecified atom stereocenters. The zero-order valence-electron chi connectivity index (χ0n) is 17.5. The minimum absolute atomic E-state index is 0.0152. The smallest absolute Gasteiger partial charge is 0.270 e. The zero-order valence-corrected chi connectivity index (χ0v) is 17.5. The molecule has 3 rings (SSSR count). The van der Waals surface area contributed by atoms with E-state index >= 15 is 0 Å². The summed E-state index contributed by atoms with van der Waals surface area (Å²) in [5, 5.41) is 5.67. The number of nitrogens with zero attached hydrogens (tertiary/aromatic N) is 4. The van der Waals surface area contributed by atoms with Gasteiger partial charge in [0.2, 0.25) is 5.91 Å². The number of amides is 2. The Balaban J connectivity index is 1.88. The predicted molar refractivity (Wildman–Crippen MR) is 114 cm³/mol. The number of hydrogen-bond acceptors (Lipinski definition) is 5. The molecule has 0 fully saturated rings. The van der Waals surface area contributed by atoms with Crippen molar-refractivity contribution < 1.29 is 18.4 Å². The second kappa shape index (κ2) is 9.65. The summed E-state index contributed by atoms with van der Waals surface area (Å²) in [6.07, 6.45) is 0.0152. The molecular formula is C22H25F2N5O2. The number of carbonyl (C=O) groups excluding carboxylic acids is 2. The van der Waals surface area contributed by atoms with E-state index in [0.717, 1.165) is 0 Å². The Morgan fingerprint density at radius 2 is 1.77 bits per heavy atom. The highest BCUT2D eigenvalue weighted by Crippen LogP contribution is 2.26. The predicted octanol–water partition coefficient (Wildman–Crippen LogP) is 1.98. The maximum absolute atomic E-state index is 14.2. The Kier molecular flexibility index (Phi) is 6.96. The Morgan fingerprint density at radius 3 is 2.39 bits per heavy atom. The molecule has 1 aliphatic heterocycles. The third-order valence-electron chi connectivity index (χ3n) is 5.00. The van der Waals surface area contributed by atoms with E-state index in [1.807, 2.05) is 19.0 Å². The molecule has 0 spiro atoms. The van der Waals surface area contributed by atoms with Crippen LogP contribution in [-0.4, -0.2) is 60.6 Å². The number of likely N-dealkylation sites (N-methyl/N-ethyl adjacent to an activating group) is 1. The highest BCUT2D eigenvalue weighted by Gasteiger charge is 2.36. The molecule has 164 valence electrons. The van der Waals surface area contributed by atoms with Crippen LogP contribution < -0.4 is 10.7 Å². The SMILES string of the molecule is CN(C)CCN(Cc1ccccc1F)C(=O)C1=NN(c2ccc(F)cc2)C(C(N)=O)C1. The van der Waals surface area contributed by atoms with Gasteiger partial charge in [-0.05, 0) is 44.4 Å². The molecule has 1 atom stereocenters. The minimum atomic E-state index is -0.867. The molecule has 0 aromatic heterocycles. The molecule has 0 radical (unpaired) electrons. The van der Waals surface area contributed by atoms with Gasteiger partial charge in [0.05, 0.1) is 5.69 Å². The lowest BCUT2D eigenvalue weighted by Crippen LogP contribution is -2.41. The number of anilines is 1. The van der Waals surface area contributed by atoms with E-state index in [-0.39, 0.29) is 18.7 Å². The summed E-state index contributed by atoms with van der Waals surface area (Å²) >= 11 is 0. The molecule has 0 aliphatic carbocycles. The van der Waals surface area contributed by atoms with Gasteiger partial charge in [0.25, 0.3) is 5.91 Å². The molecular weight excluding hydrogens is 404 g/mol. The van der Waals surface area contributed by atoms with Crippen molar-refractivity contribution in [2.24, 2.45) is 10.8 Å². The Bertz CT molecular complexity index is 978. The highest BCUT2D eigenvalue weighted by atomic mass is 19.1. The van der Waals surface area contributed by atoms with Crippen LogP contribution in [0.2, 0.25) is 0 Å². The molecule has 31 heavy (non-hydrogen) atoms. The number of halogens is 2. The van der Waals surface area contributed by atoms with E-state index < -0.39 is 29.5 Å². The topological polar surface area (TPSA) is 82.2 Å². The molecule has 7 nitrogen and oxygen atoms in total. The van der Waals surface area contributed by atoms with Crippen LogP contribution in [0.4, 0.5) is 14.5 Å². The summed E-state index contributed by atoms with van der Waals surface area (Å²) in [6, 6.07) is 10.8. The van der Waals surface area contributed by atoms with Gasteiger partial charge in [-0.25, -0.2) is 8.78 Å². The summed E-state index contributed by atoms with van der Waals surface area (Å²) < 4.78 is 27.5. The normalized spacial score (nSPS) is 15.8. The first-order valence-electron chi connectivity index (χ1n) is 9.85. The summed E-state index contributed by atoms with van der Waals surface area (Å²) in [6.45, 7) is 0.974. The number of carbonyl (C=O) groups is 2. The fourth-order valence-electron chi connectivity index (χ4n) is 3.28. The lowest BCUT2D eigenvalue weighted by atomic mass is 10.1. The molecule has 1 aliphatic rings. The Hall–Kier alpha value is -3.33. The van der Waals surface area contributed by atoms with Crippen LogP contribution in [0.5, 0.6) is 0 Å². The fraction of sp³-hybridized carbons (Fsp3) is 0.318. The van der Waals surface area contributed by atoms with E-state index in [4.69, 9.17) is 5.73 Å². The maximum atomic E-state index is 14.2. The molecule has 2 aromatic carbocycles. The van der Waals surface area contributed by atoms with E-state index in [0.29, 0.717) is 24.3 Å². The number of nitrogens with two attached hydrogens (primary N) is 1. The molecule has 9 heteroatoms. The molecule has 2 aromatic rings. The van der Waals surface area contributed by atoms with Gasteiger partial charge in [-0.3, -0.25) is 14.6 Å². The van der Waals surface area contributed by atoms with Crippen LogP contribution in [-0.2, 0) is 16.1 Å². The van der Waals surface area contributed by atoms with E-state index in [1.165, 1.54) is 40.2 Å². The van der Waals surface area contributed by atoms with Crippen molar-refractivity contribution in [1.82, 2.24) is 9.80 Å². The van der Waals surface area contributed by atoms with E-state index in [1.54, 1.807) is 18.2 Å². The van der Waals surface area contributed by atoms with Crippen LogP contribution in [0.1, 0.15) is 12.0 Å². The van der Waals surface area contributed by atoms with Gasteiger partial charge >= 0.3 is 0 Å². The standard InChI is InChI=1S/C22H25F2N5O2/c1-27(2)11-12-28(14-15-5-3-4-6-18(15)24)22(31)19-13-20(21(25)30)29(26-19)17-9-7-16(23)8-10-17/h3-10,20H,11-14H2,1-2H3,(H2,25,30). The molecule has 1 heterocycles. The monoisotopic (exact) mass is 429 g/mol. The van der Waals surface area contributed by atoms with Crippen molar-refractivity contribution in [1.29, 1.82) is 0 Å². The van der Waals surface area contributed by atoms with Gasteiger partial charge < -0.3 is 15.5 Å². The van der Waals surface area contributed by atoms with E-state index in [9.17, 15) is 18.4 Å². The number of hydrogen-bond donors (Lipinski definition) is 1. The average Bonchev–Trinajstić information content (AvgIpc) is 3.18. The third-order valence-corrected chi connectivity index (χ3v) is 5.00. The van der Waals surface area contributed by atoms with Crippen LogP contribution in [0.25, 0.3) is 0 Å². The van der Waals surface area contributed by atoms with Crippen LogP contribution in [0.3, 0.4) is 0 Å². The number of rotatable bonds is 8. The molecule has 2 N–H and O–H groups in total. The first-order valence-corrected chi connectivity index (χ1v) is 9.85. The number of primary amides is 1. The van der Waals surface area contributed by atoms with Gasteiger partial charge in [-0.15, -0.1) is 0 Å². The Morgan fingerprint density at radius 1 is 1.10 bits per heavy atom. The van der Waals surface area contributed by atoms with Crippen LogP contribution in [0, 0.1) is 11.6 Å². The highest BCUT2D eigenvalue weighted by molar-refractivity contribution is 6.40. The zero-order chi connectivity index (χ0) is 22.5. The van der Waals surface area contributed by atoms with Crippen molar-refractivity contribution >= 4 is 23.2 Å². The minimum Gasteiger partial charge on any atom is -0.368 e. The fourth-order valence-corrected chi connectivity index (χ4v) is 3.28. The Labute approximate surface area is 179 Å². The molecule has 0 saturated carbocycles. The van der Waals surface area contributed by atoms with Crippen molar-refractivity contribution in [3.8, 4) is 0 Å². The number of hydrazone groups is 1. The van der Waals surface area contributed by atoms with Gasteiger partial charge in [0, 0.05) is 31.6 Å². The van der Waals surface area contributed by atoms with Gasteiger partial charge in [0.1, 0.15) is 23.4 Å². The molecule has 2 amide bonds. The van der Waals surface area contributed by atoms with E-state index in [2.05, 4.69) is 5.10 Å². The summed E-state index contributed by atoms with van der Waals surface area (Å²) in [5.74, 6) is -1.88. The average molecular weight is 429 g/mol. The van der Waals surface area contributed by atoms with Crippen molar-refractivity contribution in [3.63, 3.8) is 0 Å². The molecule has 0 saturated heterocycles. The van der Waals surface area contributed by atoms with Crippen molar-refractivity contribution in [2.75, 3.05) is 32.2 Å². The van der Waals surface area contributed by atoms with Gasteiger partial charge in [-0.2, -0.15) is 5.10 Å². The summed E-state index contributed by atoms with van der Waals surface area (Å²) in [5.41, 5.74) is 6.50. The third kappa shape index (κ3) is 5.43. The lowest BCUT2D eigenvalue weighted by molar-refractivity contribution is -0.125. The largest absolute Gasteiger partial charge is 0.368 e. The second-order valence-electron chi connectivity index (χ2n) is 7.61. The lowest BCUT2D eigenvalue weighted by Gasteiger charge is -2.24. The van der Waals surface area contributed by atoms with Crippen molar-refractivity contribution in [3.05, 3.63) is 65.7 Å². The quantitative estimate of drug-likeness (QED) is 0.696. The number of benzene rings is 2. The summed E-state index contributed by atoms with van der Waals surface area (Å²) in [7, 11) is 3.75.